The van der Waals surface area contributed by atoms with Crippen LogP contribution in [0.1, 0.15) is 39.3 Å². The van der Waals surface area contributed by atoms with Crippen LogP contribution in [-0.2, 0) is 16.8 Å². The minimum atomic E-state index is -0.307. The van der Waals surface area contributed by atoms with Gasteiger partial charge in [0.15, 0.2) is 5.96 Å². The first-order valence-corrected chi connectivity index (χ1v) is 8.59. The fourth-order valence-corrected chi connectivity index (χ4v) is 2.45. The molecule has 9 nitrogen and oxygen atoms in total. The minimum absolute atomic E-state index is 0.0283. The molecule has 2 rings (SSSR count). The summed E-state index contributed by atoms with van der Waals surface area (Å²) in [6, 6.07) is 2.02. The van der Waals surface area contributed by atoms with Crippen LogP contribution in [0.2, 0.25) is 0 Å². The predicted octanol–water partition coefficient (Wildman–Crippen LogP) is 0.192. The van der Waals surface area contributed by atoms with Crippen LogP contribution >= 0.6 is 0 Å². The van der Waals surface area contributed by atoms with Gasteiger partial charge in [0.25, 0.3) is 0 Å². The zero-order valence-electron chi connectivity index (χ0n) is 15.5. The van der Waals surface area contributed by atoms with Crippen molar-refractivity contribution in [2.75, 3.05) is 13.1 Å². The predicted molar refractivity (Wildman–Crippen MR) is 102 cm³/mol. The number of aromatic nitrogens is 3. The summed E-state index contributed by atoms with van der Waals surface area (Å²) >= 11 is 0. The summed E-state index contributed by atoms with van der Waals surface area (Å²) in [5, 5.41) is 3.67. The van der Waals surface area contributed by atoms with Gasteiger partial charge in [-0.2, -0.15) is 4.98 Å². The van der Waals surface area contributed by atoms with E-state index in [0.29, 0.717) is 25.2 Å². The number of nitrogens with zero attached hydrogens (tertiary/aromatic N) is 3. The zero-order valence-corrected chi connectivity index (χ0v) is 15.5. The van der Waals surface area contributed by atoms with Gasteiger partial charge in [0.05, 0.1) is 6.54 Å². The molecule has 0 atom stereocenters. The number of amides is 1. The lowest BCUT2D eigenvalue weighted by Gasteiger charge is -2.15. The van der Waals surface area contributed by atoms with Crippen molar-refractivity contribution >= 4 is 22.9 Å². The van der Waals surface area contributed by atoms with Crippen molar-refractivity contribution in [2.24, 2.45) is 16.5 Å². The summed E-state index contributed by atoms with van der Waals surface area (Å²) in [7, 11) is 0. The van der Waals surface area contributed by atoms with Crippen molar-refractivity contribution in [3.63, 3.8) is 0 Å². The van der Waals surface area contributed by atoms with Crippen LogP contribution in [0.5, 0.6) is 0 Å². The third-order valence-electron chi connectivity index (χ3n) is 3.91. The highest BCUT2D eigenvalue weighted by Crippen LogP contribution is 2.24. The number of aryl methyl sites for hydroxylation is 1. The highest BCUT2D eigenvalue weighted by Gasteiger charge is 2.17. The van der Waals surface area contributed by atoms with Gasteiger partial charge >= 0.3 is 5.69 Å². The second-order valence-corrected chi connectivity index (χ2v) is 7.21. The molecule has 0 aliphatic rings. The maximum absolute atomic E-state index is 12.1. The Morgan fingerprint density at radius 3 is 2.77 bits per heavy atom. The molecule has 0 aromatic carbocycles. The molecule has 142 valence electrons. The molecule has 2 aromatic heterocycles. The number of H-pyrrole nitrogens is 1. The molecule has 2 aromatic rings. The molecule has 0 fully saturated rings. The first kappa shape index (κ1) is 19.5. The number of nitrogens with one attached hydrogen (secondary N) is 2. The second kappa shape index (κ2) is 8.03. The highest BCUT2D eigenvalue weighted by atomic mass is 16.2. The van der Waals surface area contributed by atoms with Crippen LogP contribution in [0, 0.1) is 0 Å². The van der Waals surface area contributed by atoms with E-state index in [1.807, 2.05) is 6.07 Å². The average Bonchev–Trinajstić information content (AvgIpc) is 2.94. The fraction of sp³-hybridized carbons (Fsp3) is 0.529. The lowest BCUT2D eigenvalue weighted by atomic mass is 9.92. The lowest BCUT2D eigenvalue weighted by molar-refractivity contribution is -0.120. The maximum Gasteiger partial charge on any atom is 0.349 e. The van der Waals surface area contributed by atoms with Crippen LogP contribution in [0.15, 0.2) is 22.1 Å². The number of rotatable bonds is 7. The molecule has 1 amide bonds. The van der Waals surface area contributed by atoms with E-state index in [1.54, 1.807) is 10.8 Å². The molecule has 6 N–H and O–H groups in total. The van der Waals surface area contributed by atoms with E-state index >= 15 is 0 Å². The van der Waals surface area contributed by atoms with Crippen molar-refractivity contribution in [3.8, 4) is 0 Å². The Morgan fingerprint density at radius 1 is 1.38 bits per heavy atom. The Kier molecular flexibility index (Phi) is 6.01. The largest absolute Gasteiger partial charge is 0.370 e. The van der Waals surface area contributed by atoms with E-state index < -0.39 is 0 Å². The molecule has 0 saturated heterocycles. The molecular weight excluding hydrogens is 334 g/mol. The van der Waals surface area contributed by atoms with Gasteiger partial charge in [-0.15, -0.1) is 0 Å². The molecule has 26 heavy (non-hydrogen) atoms. The van der Waals surface area contributed by atoms with Crippen molar-refractivity contribution in [2.45, 2.75) is 45.6 Å². The van der Waals surface area contributed by atoms with Gasteiger partial charge in [-0.3, -0.25) is 14.4 Å². The number of carbonyl (C=O) groups is 1. The number of carbonyl (C=O) groups excluding carboxylic acids is 1. The molecule has 0 aliphatic carbocycles. The summed E-state index contributed by atoms with van der Waals surface area (Å²) in [6.07, 6.45) is 2.65. The van der Waals surface area contributed by atoms with E-state index in [2.05, 4.69) is 41.0 Å². The maximum atomic E-state index is 12.1. The molecule has 0 saturated carbocycles. The van der Waals surface area contributed by atoms with Crippen molar-refractivity contribution < 1.29 is 4.79 Å². The van der Waals surface area contributed by atoms with E-state index in [4.69, 9.17) is 11.5 Å². The van der Waals surface area contributed by atoms with Crippen molar-refractivity contribution in [3.05, 3.63) is 28.4 Å². The van der Waals surface area contributed by atoms with Gasteiger partial charge in [0, 0.05) is 42.2 Å². The summed E-state index contributed by atoms with van der Waals surface area (Å²) in [4.78, 5) is 34.8. The van der Waals surface area contributed by atoms with Crippen LogP contribution in [0.25, 0.3) is 11.0 Å². The Hall–Kier alpha value is -2.84. The molecule has 0 unspecified atom stereocenters. The van der Waals surface area contributed by atoms with E-state index in [-0.39, 0.29) is 35.9 Å². The Labute approximate surface area is 151 Å². The Bertz CT molecular complexity index is 854. The van der Waals surface area contributed by atoms with E-state index in [9.17, 15) is 9.59 Å². The first-order valence-electron chi connectivity index (χ1n) is 8.59. The third kappa shape index (κ3) is 5.33. The number of fused-ring (bicyclic) bond motifs is 1. The normalized spacial score (nSPS) is 11.5. The molecule has 0 bridgehead atoms. The molecule has 0 aliphatic heterocycles. The van der Waals surface area contributed by atoms with Crippen LogP contribution in [-0.4, -0.2) is 39.5 Å². The summed E-state index contributed by atoms with van der Waals surface area (Å²) in [6.45, 7) is 7.49. The smallest absolute Gasteiger partial charge is 0.349 e. The number of guanidine groups is 1. The fourth-order valence-electron chi connectivity index (χ4n) is 2.45. The Morgan fingerprint density at radius 2 is 2.12 bits per heavy atom. The number of aromatic amines is 1. The van der Waals surface area contributed by atoms with Gasteiger partial charge < -0.3 is 21.8 Å². The van der Waals surface area contributed by atoms with Gasteiger partial charge in [-0.25, -0.2) is 4.79 Å². The molecule has 0 radical (unpaired) electrons. The number of nitrogens with two attached hydrogens (primary N) is 2. The van der Waals surface area contributed by atoms with Crippen LogP contribution < -0.4 is 22.5 Å². The molecule has 9 heteroatoms. The standard InChI is InChI=1S/C17H27N7O2/c1-17(2,3)12-9-11-10-24(16(26)23-14(11)22-12)8-4-6-20-13(25)5-7-21-15(18)19/h9-10H,4-8H2,1-3H3,(H,20,25)(H4,18,19,21)(H,22,23,26). The van der Waals surface area contributed by atoms with Gasteiger partial charge in [0.2, 0.25) is 5.91 Å². The van der Waals surface area contributed by atoms with Crippen molar-refractivity contribution in [1.29, 1.82) is 0 Å². The average molecular weight is 361 g/mol. The monoisotopic (exact) mass is 361 g/mol. The summed E-state index contributed by atoms with van der Waals surface area (Å²) in [5.41, 5.74) is 11.7. The number of aliphatic imine (C=N–C) groups is 1. The summed E-state index contributed by atoms with van der Waals surface area (Å²) < 4.78 is 1.56. The van der Waals surface area contributed by atoms with Crippen LogP contribution in [0.3, 0.4) is 0 Å². The number of hydrogen-bond donors (Lipinski definition) is 4. The van der Waals surface area contributed by atoms with Gasteiger partial charge in [-0.05, 0) is 12.5 Å². The lowest BCUT2D eigenvalue weighted by Crippen LogP contribution is -2.28. The van der Waals surface area contributed by atoms with Gasteiger partial charge in [-0.1, -0.05) is 20.8 Å². The molecular formula is C17H27N7O2. The van der Waals surface area contributed by atoms with E-state index in [1.165, 1.54) is 0 Å². The highest BCUT2D eigenvalue weighted by molar-refractivity contribution is 5.78. The molecule has 0 spiro atoms. The zero-order chi connectivity index (χ0) is 19.3. The number of hydrogen-bond acceptors (Lipinski definition) is 4. The van der Waals surface area contributed by atoms with E-state index in [0.717, 1.165) is 11.1 Å². The first-order chi connectivity index (χ1) is 12.2. The second-order valence-electron chi connectivity index (χ2n) is 7.21. The summed E-state index contributed by atoms with van der Waals surface area (Å²) in [5.74, 6) is -0.157. The van der Waals surface area contributed by atoms with Gasteiger partial charge in [0.1, 0.15) is 5.65 Å². The van der Waals surface area contributed by atoms with Crippen molar-refractivity contribution in [1.82, 2.24) is 19.9 Å². The minimum Gasteiger partial charge on any atom is -0.370 e. The SMILES string of the molecule is CC(C)(C)c1cc2cn(CCCNC(=O)CCN=C(N)N)c(=O)nc2[nH]1. The quantitative estimate of drug-likeness (QED) is 0.316. The molecule has 2 heterocycles. The Balaban J connectivity index is 1.90. The van der Waals surface area contributed by atoms with Crippen LogP contribution in [0.4, 0.5) is 0 Å². The topological polar surface area (TPSA) is 144 Å². The third-order valence-corrected chi connectivity index (χ3v) is 3.91.